The van der Waals surface area contributed by atoms with Crippen LogP contribution in [0.1, 0.15) is 37.7 Å². The van der Waals surface area contributed by atoms with Crippen molar-refractivity contribution in [2.75, 3.05) is 50.8 Å². The molecule has 3 saturated heterocycles. The van der Waals surface area contributed by atoms with E-state index < -0.39 is 5.60 Å². The van der Waals surface area contributed by atoms with Gasteiger partial charge < -0.3 is 15.1 Å². The van der Waals surface area contributed by atoms with Gasteiger partial charge in [-0.25, -0.2) is 0 Å². The number of aliphatic hydroxyl groups is 2. The molecule has 0 amide bonds. The number of anilines is 1. The third kappa shape index (κ3) is 4.32. The predicted molar refractivity (Wildman–Crippen MR) is 109 cm³/mol. The normalized spacial score (nSPS) is 29.1. The van der Waals surface area contributed by atoms with Crippen molar-refractivity contribution in [1.29, 1.82) is 0 Å². The molecule has 4 rings (SSSR count). The van der Waals surface area contributed by atoms with Gasteiger partial charge in [0.25, 0.3) is 0 Å². The van der Waals surface area contributed by atoms with Crippen molar-refractivity contribution < 1.29 is 10.2 Å². The molecule has 2 N–H and O–H groups in total. The Labute approximate surface area is 163 Å². The van der Waals surface area contributed by atoms with Crippen molar-refractivity contribution in [3.8, 4) is 0 Å². The van der Waals surface area contributed by atoms with Gasteiger partial charge in [-0.3, -0.25) is 9.80 Å². The van der Waals surface area contributed by atoms with Gasteiger partial charge in [0, 0.05) is 57.1 Å². The molecule has 3 aliphatic heterocycles. The molecule has 5 nitrogen and oxygen atoms in total. The first-order valence-corrected chi connectivity index (χ1v) is 10.7. The smallest absolute Gasteiger partial charge is 0.0807 e. The summed E-state index contributed by atoms with van der Waals surface area (Å²) < 4.78 is 0. The van der Waals surface area contributed by atoms with Gasteiger partial charge >= 0.3 is 0 Å². The van der Waals surface area contributed by atoms with Crippen LogP contribution in [0.25, 0.3) is 0 Å². The lowest BCUT2D eigenvalue weighted by Crippen LogP contribution is -2.61. The molecule has 5 heteroatoms. The second kappa shape index (κ2) is 8.08. The minimum Gasteiger partial charge on any atom is -0.396 e. The Morgan fingerprint density at radius 3 is 2.70 bits per heavy atom. The van der Waals surface area contributed by atoms with Crippen LogP contribution in [0.2, 0.25) is 0 Å². The fourth-order valence-electron chi connectivity index (χ4n) is 5.31. The number of fused-ring (bicyclic) bond motifs is 1. The molecule has 0 bridgehead atoms. The Morgan fingerprint density at radius 1 is 1.15 bits per heavy atom. The quantitative estimate of drug-likeness (QED) is 0.825. The minimum absolute atomic E-state index is 0.235. The molecule has 1 unspecified atom stereocenters. The zero-order chi connectivity index (χ0) is 18.9. The highest BCUT2D eigenvalue weighted by atomic mass is 16.3. The molecule has 27 heavy (non-hydrogen) atoms. The number of hydrogen-bond acceptors (Lipinski definition) is 5. The average Bonchev–Trinajstić information content (AvgIpc) is 3.10. The van der Waals surface area contributed by atoms with Gasteiger partial charge in [-0.2, -0.15) is 0 Å². The molecule has 1 aromatic carbocycles. The summed E-state index contributed by atoms with van der Waals surface area (Å²) in [5, 5.41) is 20.8. The van der Waals surface area contributed by atoms with Crippen molar-refractivity contribution in [3.05, 3.63) is 29.8 Å². The van der Waals surface area contributed by atoms with Gasteiger partial charge in [0.1, 0.15) is 0 Å². The summed E-state index contributed by atoms with van der Waals surface area (Å²) in [5.74, 6) is 0. The van der Waals surface area contributed by atoms with Crippen LogP contribution < -0.4 is 4.90 Å². The van der Waals surface area contributed by atoms with Crippen LogP contribution in [0.3, 0.4) is 0 Å². The summed E-state index contributed by atoms with van der Waals surface area (Å²) in [4.78, 5) is 7.49. The van der Waals surface area contributed by atoms with E-state index in [-0.39, 0.29) is 6.61 Å². The summed E-state index contributed by atoms with van der Waals surface area (Å²) in [5.41, 5.74) is 1.96. The third-order valence-electron chi connectivity index (χ3n) is 6.93. The lowest BCUT2D eigenvalue weighted by Gasteiger charge is -2.48. The van der Waals surface area contributed by atoms with Crippen molar-refractivity contribution in [3.63, 3.8) is 0 Å². The van der Waals surface area contributed by atoms with Gasteiger partial charge in [-0.15, -0.1) is 0 Å². The maximum absolute atomic E-state index is 11.3. The lowest BCUT2D eigenvalue weighted by atomic mass is 9.89. The van der Waals surface area contributed by atoms with Crippen LogP contribution in [-0.2, 0) is 0 Å². The molecule has 0 spiro atoms. The van der Waals surface area contributed by atoms with Crippen LogP contribution in [0.15, 0.2) is 24.3 Å². The molecular formula is C22H35N3O2. The van der Waals surface area contributed by atoms with E-state index in [9.17, 15) is 10.2 Å². The number of aliphatic hydroxyl groups excluding tert-OH is 1. The fraction of sp³-hybridized carbons (Fsp3) is 0.727. The first kappa shape index (κ1) is 19.2. The second-order valence-corrected chi connectivity index (χ2v) is 8.94. The topological polar surface area (TPSA) is 50.2 Å². The minimum atomic E-state index is -0.602. The van der Waals surface area contributed by atoms with Gasteiger partial charge in [-0.1, -0.05) is 12.1 Å². The van der Waals surface area contributed by atoms with E-state index >= 15 is 0 Å². The molecule has 150 valence electrons. The number of piperidine rings is 1. The Kier molecular flexibility index (Phi) is 5.74. The Morgan fingerprint density at radius 2 is 1.96 bits per heavy atom. The van der Waals surface area contributed by atoms with Crippen molar-refractivity contribution >= 4 is 5.69 Å². The first-order chi connectivity index (χ1) is 13.1. The molecule has 0 aromatic heterocycles. The number of hydrogen-bond donors (Lipinski definition) is 2. The van der Waals surface area contributed by atoms with Gasteiger partial charge in [0.15, 0.2) is 0 Å². The van der Waals surface area contributed by atoms with Gasteiger partial charge in [-0.05, 0) is 63.3 Å². The second-order valence-electron chi connectivity index (χ2n) is 8.94. The number of β-amino-alcohol motifs (C(OH)–C–C–N with tert-alkyl or cyclic N) is 1. The van der Waals surface area contributed by atoms with Crippen LogP contribution in [0.4, 0.5) is 5.69 Å². The van der Waals surface area contributed by atoms with E-state index in [4.69, 9.17) is 0 Å². The maximum Gasteiger partial charge on any atom is 0.0807 e. The molecule has 0 saturated carbocycles. The van der Waals surface area contributed by atoms with Crippen molar-refractivity contribution in [2.24, 2.45) is 0 Å². The molecule has 0 radical (unpaired) electrons. The fourth-order valence-corrected chi connectivity index (χ4v) is 5.31. The average molecular weight is 374 g/mol. The summed E-state index contributed by atoms with van der Waals surface area (Å²) in [7, 11) is 0. The number of benzene rings is 1. The predicted octanol–water partition coefficient (Wildman–Crippen LogP) is 1.86. The number of nitrogens with zero attached hydrogens (tertiary/aromatic N) is 3. The zero-order valence-corrected chi connectivity index (χ0v) is 16.7. The Bertz CT molecular complexity index is 630. The van der Waals surface area contributed by atoms with Crippen LogP contribution in [0, 0.1) is 6.92 Å². The zero-order valence-electron chi connectivity index (χ0n) is 16.7. The molecule has 3 aliphatic rings. The molecule has 2 atom stereocenters. The largest absolute Gasteiger partial charge is 0.396 e. The number of aryl methyl sites for hydroxylation is 1. The van der Waals surface area contributed by atoms with Crippen molar-refractivity contribution in [2.45, 2.75) is 56.7 Å². The highest BCUT2D eigenvalue weighted by molar-refractivity contribution is 5.48. The Balaban J connectivity index is 1.38. The van der Waals surface area contributed by atoms with Gasteiger partial charge in [0.05, 0.1) is 5.60 Å². The summed E-state index contributed by atoms with van der Waals surface area (Å²) in [6, 6.07) is 9.69. The van der Waals surface area contributed by atoms with Crippen LogP contribution in [-0.4, -0.2) is 83.6 Å². The maximum atomic E-state index is 11.3. The summed E-state index contributed by atoms with van der Waals surface area (Å²) in [6.07, 6.45) is 5.02. The molecular weight excluding hydrogens is 338 g/mol. The van der Waals surface area contributed by atoms with Crippen LogP contribution >= 0.6 is 0 Å². The summed E-state index contributed by atoms with van der Waals surface area (Å²) >= 11 is 0. The van der Waals surface area contributed by atoms with Crippen molar-refractivity contribution in [1.82, 2.24) is 9.80 Å². The molecule has 1 aromatic rings. The number of rotatable bonds is 5. The van der Waals surface area contributed by atoms with Gasteiger partial charge in [0.2, 0.25) is 0 Å². The molecule has 3 heterocycles. The highest BCUT2D eigenvalue weighted by Gasteiger charge is 2.41. The van der Waals surface area contributed by atoms with Crippen LogP contribution in [0.5, 0.6) is 0 Å². The molecule has 3 fully saturated rings. The van der Waals surface area contributed by atoms with E-state index in [0.29, 0.717) is 12.1 Å². The standard InChI is InChI=1S/C22H35N3O2/c1-18-4-2-5-19(14-18)23-11-8-22(27,9-12-23)17-25-16-20-6-3-10-24(20)15-21(25)7-13-26/h2,4-5,14,20-21,26-27H,3,6-13,15-17H2,1H3/t20?,21-/m0/s1. The SMILES string of the molecule is Cc1cccc(N2CCC(O)(CN3CC4CCCN4C[C@@H]3CCO)CC2)c1. The van der Waals surface area contributed by atoms with E-state index in [2.05, 4.69) is 45.9 Å². The monoisotopic (exact) mass is 373 g/mol. The molecule has 0 aliphatic carbocycles. The summed E-state index contributed by atoms with van der Waals surface area (Å²) in [6.45, 7) is 8.25. The Hall–Kier alpha value is -1.14. The highest BCUT2D eigenvalue weighted by Crippen LogP contribution is 2.31. The lowest BCUT2D eigenvalue weighted by molar-refractivity contribution is -0.0537. The first-order valence-electron chi connectivity index (χ1n) is 10.7. The third-order valence-corrected chi connectivity index (χ3v) is 6.93. The van der Waals surface area contributed by atoms with E-state index in [1.807, 2.05) is 0 Å². The number of piperazine rings is 1. The van der Waals surface area contributed by atoms with E-state index in [0.717, 1.165) is 52.0 Å². The van der Waals surface area contributed by atoms with E-state index in [1.54, 1.807) is 0 Å². The van der Waals surface area contributed by atoms with E-state index in [1.165, 1.54) is 30.6 Å².